The molecule has 1 aliphatic heterocycles. The zero-order chi connectivity index (χ0) is 28.3. The predicted molar refractivity (Wildman–Crippen MR) is 163 cm³/mol. The second kappa shape index (κ2) is 14.6. The third-order valence-electron chi connectivity index (χ3n) is 7.19. The van der Waals surface area contributed by atoms with Crippen molar-refractivity contribution in [3.63, 3.8) is 0 Å². The fraction of sp³-hybridized carbons (Fsp3) is 0.344. The number of hydrogen-bond acceptors (Lipinski definition) is 5. The summed E-state index contributed by atoms with van der Waals surface area (Å²) >= 11 is 1.63. The zero-order valence-electron chi connectivity index (χ0n) is 23.2. The lowest BCUT2D eigenvalue weighted by Gasteiger charge is -2.25. The summed E-state index contributed by atoms with van der Waals surface area (Å²) in [6, 6.07) is 22.4. The van der Waals surface area contributed by atoms with E-state index in [4.69, 9.17) is 0 Å². The molecule has 0 unspecified atom stereocenters. The van der Waals surface area contributed by atoms with Crippen molar-refractivity contribution >= 4 is 49.9 Å². The van der Waals surface area contributed by atoms with Gasteiger partial charge in [0.2, 0.25) is 17.7 Å². The molecule has 0 spiro atoms. The first-order valence-electron chi connectivity index (χ1n) is 13.9. The number of benzene rings is 3. The molecule has 7 nitrogen and oxygen atoms in total. The molecule has 2 heterocycles. The van der Waals surface area contributed by atoms with Crippen LogP contribution in [0.4, 0.5) is 0 Å². The van der Waals surface area contributed by atoms with Gasteiger partial charge in [0.15, 0.2) is 0 Å². The Balaban J connectivity index is 0.000000255. The molecular formula is C32H38N4O3S. The van der Waals surface area contributed by atoms with E-state index in [-0.39, 0.29) is 30.3 Å². The lowest BCUT2D eigenvalue weighted by atomic mass is 9.96. The van der Waals surface area contributed by atoms with Crippen molar-refractivity contribution in [1.82, 2.24) is 21.3 Å². The molecule has 0 aliphatic carbocycles. The Bertz CT molecular complexity index is 1440. The summed E-state index contributed by atoms with van der Waals surface area (Å²) in [4.78, 5) is 36.5. The number of carbonyl (C=O) groups is 3. The largest absolute Gasteiger partial charge is 0.344 e. The van der Waals surface area contributed by atoms with Gasteiger partial charge in [-0.1, -0.05) is 67.6 Å². The molecule has 4 aromatic rings. The number of aryl methyl sites for hydroxylation is 1. The molecule has 1 aromatic heterocycles. The molecule has 3 amide bonds. The zero-order valence-corrected chi connectivity index (χ0v) is 24.0. The smallest absolute Gasteiger partial charge is 0.244 e. The molecule has 0 bridgehead atoms. The fourth-order valence-corrected chi connectivity index (χ4v) is 5.95. The van der Waals surface area contributed by atoms with Crippen LogP contribution in [-0.2, 0) is 27.2 Å². The molecule has 0 radical (unpaired) electrons. The Morgan fingerprint density at radius 3 is 2.35 bits per heavy atom. The van der Waals surface area contributed by atoms with Gasteiger partial charge in [0, 0.05) is 24.0 Å². The van der Waals surface area contributed by atoms with Gasteiger partial charge in [-0.15, -0.1) is 11.3 Å². The monoisotopic (exact) mass is 558 g/mol. The Hall–Kier alpha value is -3.75. The van der Waals surface area contributed by atoms with Gasteiger partial charge in [-0.3, -0.25) is 14.4 Å². The van der Waals surface area contributed by atoms with Gasteiger partial charge in [-0.05, 0) is 71.1 Å². The summed E-state index contributed by atoms with van der Waals surface area (Å²) in [5.41, 5.74) is 2.47. The fourth-order valence-electron chi connectivity index (χ4n) is 4.97. The van der Waals surface area contributed by atoms with E-state index in [0.717, 1.165) is 48.0 Å². The van der Waals surface area contributed by atoms with E-state index >= 15 is 0 Å². The lowest BCUT2D eigenvalue weighted by molar-refractivity contribution is -0.131. The Kier molecular flexibility index (Phi) is 10.7. The minimum Gasteiger partial charge on any atom is -0.344 e. The van der Waals surface area contributed by atoms with Gasteiger partial charge in [0.25, 0.3) is 0 Å². The van der Waals surface area contributed by atoms with Crippen LogP contribution in [0.5, 0.6) is 0 Å². The maximum absolute atomic E-state index is 12.7. The van der Waals surface area contributed by atoms with Gasteiger partial charge >= 0.3 is 0 Å². The Morgan fingerprint density at radius 2 is 1.60 bits per heavy atom. The van der Waals surface area contributed by atoms with E-state index < -0.39 is 6.04 Å². The number of rotatable bonds is 8. The highest BCUT2D eigenvalue weighted by atomic mass is 32.1. The summed E-state index contributed by atoms with van der Waals surface area (Å²) in [5, 5.41) is 17.3. The van der Waals surface area contributed by atoms with E-state index in [1.54, 1.807) is 11.3 Å². The first-order valence-corrected chi connectivity index (χ1v) is 14.8. The van der Waals surface area contributed by atoms with E-state index in [1.807, 2.05) is 29.6 Å². The van der Waals surface area contributed by atoms with Crippen molar-refractivity contribution < 1.29 is 14.4 Å². The maximum Gasteiger partial charge on any atom is 0.244 e. The highest BCUT2D eigenvalue weighted by Gasteiger charge is 2.27. The van der Waals surface area contributed by atoms with E-state index in [9.17, 15) is 14.4 Å². The normalized spacial score (nSPS) is 14.2. The first kappa shape index (κ1) is 29.2. The van der Waals surface area contributed by atoms with Crippen molar-refractivity contribution in [2.75, 3.05) is 19.8 Å². The highest BCUT2D eigenvalue weighted by molar-refractivity contribution is 7.17. The summed E-state index contributed by atoms with van der Waals surface area (Å²) in [6.45, 7) is 5.25. The average Bonchev–Trinajstić information content (AvgIpc) is 3.39. The third kappa shape index (κ3) is 7.90. The van der Waals surface area contributed by atoms with Gasteiger partial charge in [-0.25, -0.2) is 0 Å². The average molecular weight is 559 g/mol. The predicted octanol–water partition coefficient (Wildman–Crippen LogP) is 4.54. The second-order valence-electron chi connectivity index (χ2n) is 9.99. The summed E-state index contributed by atoms with van der Waals surface area (Å²) in [7, 11) is 0. The number of carbonyl (C=O) groups excluding carboxylic acids is 3. The van der Waals surface area contributed by atoms with Crippen LogP contribution in [-0.4, -0.2) is 43.5 Å². The van der Waals surface area contributed by atoms with E-state index in [0.29, 0.717) is 6.42 Å². The number of hydrogen-bond donors (Lipinski definition) is 4. The van der Waals surface area contributed by atoms with E-state index in [1.165, 1.54) is 23.3 Å². The minimum atomic E-state index is -0.686. The minimum absolute atomic E-state index is 0.0400. The van der Waals surface area contributed by atoms with Crippen molar-refractivity contribution in [1.29, 1.82) is 0 Å². The van der Waals surface area contributed by atoms with Gasteiger partial charge in [0.05, 0.1) is 6.67 Å². The molecule has 1 fully saturated rings. The topological polar surface area (TPSA) is 99.3 Å². The van der Waals surface area contributed by atoms with Crippen molar-refractivity contribution in [3.8, 4) is 0 Å². The van der Waals surface area contributed by atoms with Crippen LogP contribution in [0.25, 0.3) is 20.9 Å². The number of piperidine rings is 1. The molecule has 1 atom stereocenters. The Morgan fingerprint density at radius 1 is 0.900 bits per heavy atom. The number of amides is 3. The molecule has 40 heavy (non-hydrogen) atoms. The molecule has 3 aromatic carbocycles. The molecule has 1 aliphatic rings. The molecule has 8 heteroatoms. The Labute approximate surface area is 239 Å². The van der Waals surface area contributed by atoms with Crippen LogP contribution >= 0.6 is 11.3 Å². The molecule has 1 saturated heterocycles. The third-order valence-corrected chi connectivity index (χ3v) is 8.20. The summed E-state index contributed by atoms with van der Waals surface area (Å²) < 4.78 is 1.15. The quantitative estimate of drug-likeness (QED) is 0.239. The summed E-state index contributed by atoms with van der Waals surface area (Å²) in [6.07, 6.45) is 3.06. The van der Waals surface area contributed by atoms with Crippen LogP contribution < -0.4 is 21.3 Å². The van der Waals surface area contributed by atoms with Crippen molar-refractivity contribution in [2.45, 2.75) is 45.6 Å². The molecular weight excluding hydrogens is 520 g/mol. The van der Waals surface area contributed by atoms with Crippen LogP contribution in [0.1, 0.15) is 37.8 Å². The SMILES string of the molecule is CC(=O)NCNC(=O)[C@@H](Cc1csc2ccccc12)NC(=O)C1CCNCC1.CCc1cccc2ccccc12. The van der Waals surface area contributed by atoms with E-state index in [2.05, 4.69) is 70.7 Å². The molecule has 4 N–H and O–H groups in total. The van der Waals surface area contributed by atoms with Crippen molar-refractivity contribution in [2.24, 2.45) is 5.92 Å². The van der Waals surface area contributed by atoms with Crippen LogP contribution in [0.2, 0.25) is 0 Å². The molecule has 5 rings (SSSR count). The van der Waals surface area contributed by atoms with Gasteiger partial charge in [-0.2, -0.15) is 0 Å². The number of fused-ring (bicyclic) bond motifs is 2. The number of nitrogens with one attached hydrogen (secondary N) is 4. The highest BCUT2D eigenvalue weighted by Crippen LogP contribution is 2.27. The maximum atomic E-state index is 12.7. The lowest BCUT2D eigenvalue weighted by Crippen LogP contribution is -2.52. The first-order chi connectivity index (χ1) is 19.5. The second-order valence-corrected chi connectivity index (χ2v) is 10.9. The van der Waals surface area contributed by atoms with Crippen LogP contribution in [0, 0.1) is 5.92 Å². The molecule has 210 valence electrons. The number of thiophene rings is 1. The van der Waals surface area contributed by atoms with Crippen LogP contribution in [0.3, 0.4) is 0 Å². The molecule has 0 saturated carbocycles. The van der Waals surface area contributed by atoms with Crippen LogP contribution in [0.15, 0.2) is 72.1 Å². The van der Waals surface area contributed by atoms with Crippen molar-refractivity contribution in [3.05, 3.63) is 83.2 Å². The van der Waals surface area contributed by atoms with Gasteiger partial charge < -0.3 is 21.3 Å². The summed E-state index contributed by atoms with van der Waals surface area (Å²) in [5.74, 6) is -0.683. The van der Waals surface area contributed by atoms with Gasteiger partial charge in [0.1, 0.15) is 6.04 Å². The standard InChI is InChI=1S/C20H26N4O3S.C12H12/c1-13(25)22-12-23-20(27)17(24-19(26)14-6-8-21-9-7-14)10-15-11-28-18-5-3-2-4-16(15)18;1-2-10-7-5-8-11-6-3-4-9-12(10)11/h2-5,11,14,17,21H,6-10,12H2,1H3,(H,22,25)(H,23,27)(H,24,26);3-9H,2H2,1H3/t17-;/m1./s1.